The fraction of sp³-hybridized carbons (Fsp3) is 0.500. The van der Waals surface area contributed by atoms with Crippen LogP contribution in [0.3, 0.4) is 0 Å². The number of nitrogens with one attached hydrogen (secondary N) is 1. The van der Waals surface area contributed by atoms with Gasteiger partial charge in [0.1, 0.15) is 12.4 Å². The first-order valence-electron chi connectivity index (χ1n) is 6.68. The van der Waals surface area contributed by atoms with E-state index in [2.05, 4.69) is 5.32 Å². The molecule has 2 saturated heterocycles. The summed E-state index contributed by atoms with van der Waals surface area (Å²) in [5.41, 5.74) is 0.555. The fourth-order valence-corrected chi connectivity index (χ4v) is 2.98. The summed E-state index contributed by atoms with van der Waals surface area (Å²) in [5.74, 6) is 0.202. The summed E-state index contributed by atoms with van der Waals surface area (Å²) in [4.78, 5) is 13.8. The Morgan fingerprint density at radius 3 is 2.79 bits per heavy atom. The third-order valence-electron chi connectivity index (χ3n) is 3.99. The van der Waals surface area contributed by atoms with Crippen LogP contribution in [-0.4, -0.2) is 36.4 Å². The first-order chi connectivity index (χ1) is 9.21. The van der Waals surface area contributed by atoms with Crippen molar-refractivity contribution in [2.75, 3.05) is 24.6 Å². The highest BCUT2D eigenvalue weighted by Gasteiger charge is 2.47. The largest absolute Gasteiger partial charge is 0.508 e. The van der Waals surface area contributed by atoms with Crippen molar-refractivity contribution in [3.05, 3.63) is 24.3 Å². The summed E-state index contributed by atoms with van der Waals surface area (Å²) in [5, 5.41) is 12.7. The standard InChI is InChI=1S/C14H18N2O3/c17-12-4-2-11(3-5-12)16-13(18)19-10-14(16)6-1-8-15-9-7-14/h2-5,15,17H,1,6-10H2. The van der Waals surface area contributed by atoms with Gasteiger partial charge >= 0.3 is 6.09 Å². The normalized spacial score (nSPS) is 27.4. The highest BCUT2D eigenvalue weighted by atomic mass is 16.6. The average Bonchev–Trinajstić information content (AvgIpc) is 2.60. The van der Waals surface area contributed by atoms with Gasteiger partial charge in [0.25, 0.3) is 0 Å². The molecule has 5 heteroatoms. The Hall–Kier alpha value is -1.75. The molecule has 102 valence electrons. The van der Waals surface area contributed by atoms with Gasteiger partial charge in [0.2, 0.25) is 0 Å². The van der Waals surface area contributed by atoms with Crippen LogP contribution in [-0.2, 0) is 4.74 Å². The summed E-state index contributed by atoms with van der Waals surface area (Å²) in [6.07, 6.45) is 2.57. The SMILES string of the molecule is O=C1OCC2(CCCNCC2)N1c1ccc(O)cc1. The number of anilines is 1. The quantitative estimate of drug-likeness (QED) is 0.811. The van der Waals surface area contributed by atoms with Crippen LogP contribution < -0.4 is 10.2 Å². The van der Waals surface area contributed by atoms with Gasteiger partial charge in [-0.05, 0) is 56.6 Å². The lowest BCUT2D eigenvalue weighted by Gasteiger charge is -2.34. The van der Waals surface area contributed by atoms with Gasteiger partial charge in [0, 0.05) is 5.69 Å². The topological polar surface area (TPSA) is 61.8 Å². The molecule has 0 saturated carbocycles. The predicted octanol–water partition coefficient (Wildman–Crippen LogP) is 1.86. The molecule has 1 aromatic carbocycles. The van der Waals surface area contributed by atoms with Crippen molar-refractivity contribution in [2.45, 2.75) is 24.8 Å². The lowest BCUT2D eigenvalue weighted by atomic mass is 9.90. The minimum absolute atomic E-state index is 0.202. The Labute approximate surface area is 112 Å². The molecule has 2 heterocycles. The van der Waals surface area contributed by atoms with E-state index < -0.39 is 0 Å². The second-order valence-electron chi connectivity index (χ2n) is 5.23. The molecule has 5 nitrogen and oxygen atoms in total. The summed E-state index contributed by atoms with van der Waals surface area (Å²) in [6, 6.07) is 6.73. The first kappa shape index (κ1) is 12.3. The van der Waals surface area contributed by atoms with Crippen LogP contribution in [0.2, 0.25) is 0 Å². The molecule has 1 aromatic rings. The molecule has 3 rings (SSSR count). The van der Waals surface area contributed by atoms with Gasteiger partial charge in [0.05, 0.1) is 5.54 Å². The lowest BCUT2D eigenvalue weighted by molar-refractivity contribution is 0.170. The van der Waals surface area contributed by atoms with Gasteiger partial charge in [-0.3, -0.25) is 4.90 Å². The maximum absolute atomic E-state index is 12.1. The number of ether oxygens (including phenoxy) is 1. The van der Waals surface area contributed by atoms with E-state index in [1.807, 2.05) is 0 Å². The second-order valence-corrected chi connectivity index (χ2v) is 5.23. The Kier molecular flexibility index (Phi) is 3.06. The molecule has 0 radical (unpaired) electrons. The molecule has 2 N–H and O–H groups in total. The van der Waals surface area contributed by atoms with Crippen LogP contribution in [0.5, 0.6) is 5.75 Å². The highest BCUT2D eigenvalue weighted by Crippen LogP contribution is 2.37. The van der Waals surface area contributed by atoms with Crippen LogP contribution in [0, 0.1) is 0 Å². The van der Waals surface area contributed by atoms with E-state index in [9.17, 15) is 9.90 Å². The molecule has 0 bridgehead atoms. The summed E-state index contributed by atoms with van der Waals surface area (Å²) in [6.45, 7) is 2.33. The maximum atomic E-state index is 12.1. The van der Waals surface area contributed by atoms with Crippen LogP contribution in [0.4, 0.5) is 10.5 Å². The number of aromatic hydroxyl groups is 1. The number of rotatable bonds is 1. The molecule has 2 fully saturated rings. The molecular formula is C14H18N2O3. The van der Waals surface area contributed by atoms with Crippen molar-refractivity contribution in [3.63, 3.8) is 0 Å². The van der Waals surface area contributed by atoms with E-state index in [-0.39, 0.29) is 17.4 Å². The van der Waals surface area contributed by atoms with Gasteiger partial charge in [-0.1, -0.05) is 0 Å². The molecule has 0 aliphatic carbocycles. The van der Waals surface area contributed by atoms with Crippen LogP contribution in [0.25, 0.3) is 0 Å². The highest BCUT2D eigenvalue weighted by molar-refractivity contribution is 5.91. The number of hydrogen-bond donors (Lipinski definition) is 2. The van der Waals surface area contributed by atoms with Gasteiger partial charge in [0.15, 0.2) is 0 Å². The first-order valence-corrected chi connectivity index (χ1v) is 6.68. The predicted molar refractivity (Wildman–Crippen MR) is 71.4 cm³/mol. The number of nitrogens with zero attached hydrogens (tertiary/aromatic N) is 1. The Bertz CT molecular complexity index is 464. The van der Waals surface area contributed by atoms with Crippen molar-refractivity contribution in [2.24, 2.45) is 0 Å². The summed E-state index contributed by atoms with van der Waals surface area (Å²) in [7, 11) is 0. The number of phenolic OH excluding ortho intramolecular Hbond substituents is 1. The number of carbonyl (C=O) groups is 1. The minimum Gasteiger partial charge on any atom is -0.508 e. The van der Waals surface area contributed by atoms with Crippen molar-refractivity contribution in [1.29, 1.82) is 0 Å². The molecule has 2 aliphatic heterocycles. The summed E-state index contributed by atoms with van der Waals surface area (Å²) < 4.78 is 5.30. The molecule has 1 unspecified atom stereocenters. The van der Waals surface area contributed by atoms with E-state index in [1.54, 1.807) is 29.2 Å². The van der Waals surface area contributed by atoms with Crippen LogP contribution in [0.15, 0.2) is 24.3 Å². The smallest absolute Gasteiger partial charge is 0.415 e. The molecule has 1 amide bonds. The molecule has 0 aromatic heterocycles. The van der Waals surface area contributed by atoms with Gasteiger partial charge < -0.3 is 15.2 Å². The molecule has 1 spiro atoms. The van der Waals surface area contributed by atoms with Crippen molar-refractivity contribution < 1.29 is 14.6 Å². The van der Waals surface area contributed by atoms with Crippen molar-refractivity contribution in [3.8, 4) is 5.75 Å². The van der Waals surface area contributed by atoms with E-state index in [0.717, 1.165) is 38.0 Å². The maximum Gasteiger partial charge on any atom is 0.415 e. The fourth-order valence-electron chi connectivity index (χ4n) is 2.98. The Morgan fingerprint density at radius 1 is 1.21 bits per heavy atom. The van der Waals surface area contributed by atoms with E-state index in [4.69, 9.17) is 4.74 Å². The van der Waals surface area contributed by atoms with Gasteiger partial charge in [-0.25, -0.2) is 4.79 Å². The van der Waals surface area contributed by atoms with Crippen molar-refractivity contribution >= 4 is 11.8 Å². The van der Waals surface area contributed by atoms with Crippen LogP contribution >= 0.6 is 0 Å². The third-order valence-corrected chi connectivity index (χ3v) is 3.99. The molecule has 2 aliphatic rings. The molecule has 19 heavy (non-hydrogen) atoms. The van der Waals surface area contributed by atoms with E-state index >= 15 is 0 Å². The van der Waals surface area contributed by atoms with Crippen molar-refractivity contribution in [1.82, 2.24) is 5.32 Å². The third kappa shape index (κ3) is 2.14. The molecular weight excluding hydrogens is 244 g/mol. The zero-order chi connectivity index (χ0) is 13.3. The number of benzene rings is 1. The minimum atomic E-state index is -0.285. The van der Waals surface area contributed by atoms with E-state index in [0.29, 0.717) is 6.61 Å². The zero-order valence-corrected chi connectivity index (χ0v) is 10.8. The average molecular weight is 262 g/mol. The number of cyclic esters (lactones) is 1. The Morgan fingerprint density at radius 2 is 2.00 bits per heavy atom. The van der Waals surface area contributed by atoms with E-state index in [1.165, 1.54) is 0 Å². The number of carbonyl (C=O) groups excluding carboxylic acids is 1. The van der Waals surface area contributed by atoms with Gasteiger partial charge in [-0.15, -0.1) is 0 Å². The lowest BCUT2D eigenvalue weighted by Crippen LogP contribution is -2.48. The van der Waals surface area contributed by atoms with Crippen LogP contribution in [0.1, 0.15) is 19.3 Å². The number of hydrogen-bond acceptors (Lipinski definition) is 4. The summed E-state index contributed by atoms with van der Waals surface area (Å²) >= 11 is 0. The Balaban J connectivity index is 1.95. The zero-order valence-electron chi connectivity index (χ0n) is 10.8. The number of phenols is 1. The van der Waals surface area contributed by atoms with Gasteiger partial charge in [-0.2, -0.15) is 0 Å². The number of amides is 1. The second kappa shape index (κ2) is 4.74. The monoisotopic (exact) mass is 262 g/mol. The molecule has 1 atom stereocenters.